The minimum Gasteiger partial charge on any atom is -0.366 e. The summed E-state index contributed by atoms with van der Waals surface area (Å²) in [4.78, 5) is 14.5. The Morgan fingerprint density at radius 3 is 2.78 bits per heavy atom. The second-order valence-corrected chi connectivity index (χ2v) is 10.2. The van der Waals surface area contributed by atoms with E-state index in [1.54, 1.807) is 25.4 Å². The van der Waals surface area contributed by atoms with Gasteiger partial charge in [0.25, 0.3) is 5.91 Å². The Morgan fingerprint density at radius 2 is 2.03 bits per heavy atom. The van der Waals surface area contributed by atoms with Gasteiger partial charge in [0.2, 0.25) is 0 Å². The molecule has 5 heterocycles. The molecule has 0 aliphatic carbocycles. The number of aromatic nitrogens is 4. The van der Waals surface area contributed by atoms with Gasteiger partial charge in [-0.2, -0.15) is 23.4 Å². The fourth-order valence-corrected chi connectivity index (χ4v) is 5.82. The van der Waals surface area contributed by atoms with Crippen LogP contribution in [0.4, 0.5) is 19.0 Å². The van der Waals surface area contributed by atoms with Crippen molar-refractivity contribution in [1.29, 1.82) is 0 Å². The molecule has 3 aromatic heterocycles. The molecule has 2 aliphatic heterocycles. The second kappa shape index (κ2) is 9.71. The molecular weight excluding hydrogens is 491 g/mol. The molecule has 5 rings (SSSR count). The van der Waals surface area contributed by atoms with Gasteiger partial charge in [-0.15, -0.1) is 0 Å². The van der Waals surface area contributed by atoms with Crippen molar-refractivity contribution in [2.75, 3.05) is 18.9 Å². The van der Waals surface area contributed by atoms with E-state index < -0.39 is 5.51 Å². The van der Waals surface area contributed by atoms with Crippen LogP contribution in [0.1, 0.15) is 41.7 Å². The maximum absolute atomic E-state index is 13.4. The molecule has 0 unspecified atom stereocenters. The van der Waals surface area contributed by atoms with E-state index >= 15 is 0 Å². The minimum atomic E-state index is -4.50. The molecule has 3 atom stereocenters. The van der Waals surface area contributed by atoms with Crippen LogP contribution in [0.15, 0.2) is 35.5 Å². The number of rotatable bonds is 5. The summed E-state index contributed by atoms with van der Waals surface area (Å²) in [6, 6.07) is 6.37. The molecule has 190 valence electrons. The number of piperidine rings is 1. The van der Waals surface area contributed by atoms with Crippen LogP contribution in [-0.2, 0) is 7.05 Å². The molecule has 2 fully saturated rings. The van der Waals surface area contributed by atoms with Crippen LogP contribution in [0.3, 0.4) is 0 Å². The zero-order chi connectivity index (χ0) is 25.4. The zero-order valence-electron chi connectivity index (χ0n) is 19.8. The molecule has 2 saturated heterocycles. The maximum atomic E-state index is 13.4. The third kappa shape index (κ3) is 5.03. The summed E-state index contributed by atoms with van der Waals surface area (Å²) in [5.41, 5.74) is -3.77. The van der Waals surface area contributed by atoms with Crippen LogP contribution >= 0.6 is 11.8 Å². The summed E-state index contributed by atoms with van der Waals surface area (Å²) >= 11 is -0.226. The van der Waals surface area contributed by atoms with Gasteiger partial charge in [0.1, 0.15) is 11.5 Å². The first-order valence-electron chi connectivity index (χ1n) is 11.7. The van der Waals surface area contributed by atoms with Crippen molar-refractivity contribution in [3.05, 3.63) is 41.9 Å². The summed E-state index contributed by atoms with van der Waals surface area (Å²) < 4.78 is 43.3. The monoisotopic (exact) mass is 517 g/mol. The lowest BCUT2D eigenvalue weighted by Crippen LogP contribution is -2.48. The molecule has 0 spiro atoms. The first kappa shape index (κ1) is 24.5. The number of nitrogens with one attached hydrogen (secondary N) is 2. The molecule has 0 radical (unpaired) electrons. The molecule has 8 nitrogen and oxygen atoms in total. The van der Waals surface area contributed by atoms with Gasteiger partial charge in [-0.1, -0.05) is 12.0 Å². The Bertz CT molecular complexity index is 1340. The van der Waals surface area contributed by atoms with E-state index in [-0.39, 0.29) is 40.8 Å². The van der Waals surface area contributed by atoms with E-state index in [2.05, 4.69) is 44.6 Å². The van der Waals surface area contributed by atoms with Gasteiger partial charge in [0.05, 0.1) is 28.7 Å². The molecule has 12 heteroatoms. The lowest BCUT2D eigenvalue weighted by atomic mass is 9.98. The van der Waals surface area contributed by atoms with E-state index in [1.807, 2.05) is 6.07 Å². The molecule has 3 aromatic rings. The van der Waals surface area contributed by atoms with Gasteiger partial charge in [0, 0.05) is 31.4 Å². The van der Waals surface area contributed by atoms with Gasteiger partial charge >= 0.3 is 5.51 Å². The molecule has 2 bridgehead atoms. The van der Waals surface area contributed by atoms with Crippen LogP contribution in [0.2, 0.25) is 0 Å². The SMILES string of the molecule is CN1[C@H]2CC[C@@H]1[C@H](Nc1cccc3c(SC(F)(F)F)c(C#CCNC(=O)c4cnn(C)c4)nn13)CC2. The standard InChI is InChI=1S/C24H26F3N7OS/c1-32-14-15(13-29-32)23(35)28-12-4-5-18-22(36-24(25,26)27)20-6-3-7-21(34(20)31-18)30-17-10-8-16-9-11-19(17)33(16)2/h3,6-7,13-14,16-17,19,30H,8-12H2,1-2H3,(H,28,35)/t16-,17-,19-/m1/s1. The summed E-state index contributed by atoms with van der Waals surface area (Å²) in [7, 11) is 3.84. The average Bonchev–Trinajstić information content (AvgIpc) is 3.46. The Hall–Kier alpha value is -3.17. The fraction of sp³-hybridized carbons (Fsp3) is 0.458. The van der Waals surface area contributed by atoms with Gasteiger partial charge in [-0.25, -0.2) is 4.52 Å². The van der Waals surface area contributed by atoms with E-state index in [0.717, 1.165) is 19.3 Å². The normalized spacial score (nSPS) is 21.9. The lowest BCUT2D eigenvalue weighted by molar-refractivity contribution is -0.0327. The lowest BCUT2D eigenvalue weighted by Gasteiger charge is -2.38. The number of anilines is 1. The zero-order valence-corrected chi connectivity index (χ0v) is 20.7. The highest BCUT2D eigenvalue weighted by atomic mass is 32.2. The Morgan fingerprint density at radius 1 is 1.22 bits per heavy atom. The Kier molecular flexibility index (Phi) is 6.61. The van der Waals surface area contributed by atoms with Crippen LogP contribution in [0.5, 0.6) is 0 Å². The van der Waals surface area contributed by atoms with Gasteiger partial charge in [-0.05, 0) is 62.5 Å². The van der Waals surface area contributed by atoms with E-state index in [1.165, 1.54) is 21.8 Å². The third-order valence-electron chi connectivity index (χ3n) is 6.84. The van der Waals surface area contributed by atoms with Crippen molar-refractivity contribution in [3.63, 3.8) is 0 Å². The largest absolute Gasteiger partial charge is 0.446 e. The highest BCUT2D eigenvalue weighted by Gasteiger charge is 2.40. The number of nitrogens with zero attached hydrogens (tertiary/aromatic N) is 5. The number of hydrogen-bond acceptors (Lipinski definition) is 6. The highest BCUT2D eigenvalue weighted by Crippen LogP contribution is 2.41. The van der Waals surface area contributed by atoms with Gasteiger partial charge in [0.15, 0.2) is 0 Å². The number of fused-ring (bicyclic) bond motifs is 3. The summed E-state index contributed by atoms with van der Waals surface area (Å²) in [5.74, 6) is 5.73. The molecular formula is C24H26F3N7OS. The first-order chi connectivity index (χ1) is 17.2. The number of pyridine rings is 1. The number of carbonyl (C=O) groups excluding carboxylic acids is 1. The number of likely N-dealkylation sites (N-methyl/N-ethyl adjacent to an activating group) is 1. The third-order valence-corrected chi connectivity index (χ3v) is 7.68. The number of halogens is 3. The highest BCUT2D eigenvalue weighted by molar-refractivity contribution is 8.00. The number of hydrogen-bond donors (Lipinski definition) is 2. The topological polar surface area (TPSA) is 79.5 Å². The van der Waals surface area contributed by atoms with Crippen LogP contribution < -0.4 is 10.6 Å². The number of alkyl halides is 3. The number of aryl methyl sites for hydroxylation is 1. The van der Waals surface area contributed by atoms with Crippen molar-refractivity contribution < 1.29 is 18.0 Å². The second-order valence-electron chi connectivity index (χ2n) is 9.11. The van der Waals surface area contributed by atoms with Gasteiger partial charge < -0.3 is 10.6 Å². The van der Waals surface area contributed by atoms with Gasteiger partial charge in [-0.3, -0.25) is 14.4 Å². The van der Waals surface area contributed by atoms with Crippen molar-refractivity contribution in [2.45, 2.75) is 54.2 Å². The minimum absolute atomic E-state index is 0.0175. The van der Waals surface area contributed by atoms with Crippen molar-refractivity contribution in [1.82, 2.24) is 29.6 Å². The molecule has 2 N–H and O–H groups in total. The Balaban J connectivity index is 1.40. The van der Waals surface area contributed by atoms with E-state index in [0.29, 0.717) is 29.0 Å². The molecule has 1 amide bonds. The average molecular weight is 518 g/mol. The van der Waals surface area contributed by atoms with Crippen LogP contribution in [0.25, 0.3) is 5.52 Å². The molecule has 0 aromatic carbocycles. The molecule has 0 saturated carbocycles. The Labute approximate surface area is 210 Å². The van der Waals surface area contributed by atoms with Crippen molar-refractivity contribution in [3.8, 4) is 11.8 Å². The van der Waals surface area contributed by atoms with E-state index in [9.17, 15) is 18.0 Å². The number of carbonyl (C=O) groups is 1. The van der Waals surface area contributed by atoms with Crippen molar-refractivity contribution in [2.24, 2.45) is 7.05 Å². The quantitative estimate of drug-likeness (QED) is 0.399. The van der Waals surface area contributed by atoms with Crippen molar-refractivity contribution >= 4 is 29.0 Å². The molecule has 36 heavy (non-hydrogen) atoms. The predicted octanol–water partition coefficient (Wildman–Crippen LogP) is 3.50. The number of amides is 1. The fourth-order valence-electron chi connectivity index (χ4n) is 5.14. The smallest absolute Gasteiger partial charge is 0.366 e. The van der Waals surface area contributed by atoms with Crippen LogP contribution in [0, 0.1) is 11.8 Å². The maximum Gasteiger partial charge on any atom is 0.446 e. The van der Waals surface area contributed by atoms with Crippen LogP contribution in [-0.4, -0.2) is 67.4 Å². The summed E-state index contributed by atoms with van der Waals surface area (Å²) in [6.45, 7) is -0.0416. The first-order valence-corrected chi connectivity index (χ1v) is 12.5. The summed E-state index contributed by atoms with van der Waals surface area (Å²) in [6.07, 6.45) is 7.36. The molecule has 2 aliphatic rings. The summed E-state index contributed by atoms with van der Waals surface area (Å²) in [5, 5.41) is 14.5. The predicted molar refractivity (Wildman–Crippen MR) is 131 cm³/mol. The van der Waals surface area contributed by atoms with E-state index in [4.69, 9.17) is 0 Å². The number of thioether (sulfide) groups is 1.